The van der Waals surface area contributed by atoms with Crippen LogP contribution in [0.3, 0.4) is 0 Å². The fourth-order valence-corrected chi connectivity index (χ4v) is 6.30. The summed E-state index contributed by atoms with van der Waals surface area (Å²) in [5.74, 6) is -0.679. The summed E-state index contributed by atoms with van der Waals surface area (Å²) in [5, 5.41) is 10.6. The maximum atomic E-state index is 13.6. The number of carbonyl (C=O) groups is 2. The lowest BCUT2D eigenvalue weighted by Gasteiger charge is -2.37. The van der Waals surface area contributed by atoms with E-state index in [0.29, 0.717) is 32.8 Å². The molecule has 212 valence electrons. The summed E-state index contributed by atoms with van der Waals surface area (Å²) in [6.07, 6.45) is 5.03. The zero-order chi connectivity index (χ0) is 27.3. The molecule has 1 aromatic carbocycles. The molecule has 0 aromatic heterocycles. The van der Waals surface area contributed by atoms with Gasteiger partial charge in [0.25, 0.3) is 0 Å². The van der Waals surface area contributed by atoms with E-state index in [4.69, 9.17) is 14.2 Å². The lowest BCUT2D eigenvalue weighted by atomic mass is 9.77. The van der Waals surface area contributed by atoms with Crippen LogP contribution >= 0.6 is 0 Å². The number of nitrogens with zero attached hydrogens (tertiary/aromatic N) is 2. The number of fused-ring (bicyclic) bond motifs is 1. The van der Waals surface area contributed by atoms with Gasteiger partial charge in [0.2, 0.25) is 5.91 Å². The molecule has 3 heterocycles. The van der Waals surface area contributed by atoms with Crippen molar-refractivity contribution in [1.82, 2.24) is 9.80 Å². The van der Waals surface area contributed by atoms with Crippen LogP contribution in [0.1, 0.15) is 76.8 Å². The molecular formula is C30H46N2O6. The number of carbonyl (C=O) groups excluding carboxylic acids is 1. The maximum Gasteiger partial charge on any atom is 0.308 e. The largest absolute Gasteiger partial charge is 0.493 e. The van der Waals surface area contributed by atoms with Gasteiger partial charge in [-0.25, -0.2) is 0 Å². The molecule has 3 atom stereocenters. The Labute approximate surface area is 227 Å². The smallest absolute Gasteiger partial charge is 0.308 e. The molecule has 8 nitrogen and oxygen atoms in total. The Hall–Kier alpha value is -2.16. The van der Waals surface area contributed by atoms with Crippen LogP contribution in [0.5, 0.6) is 5.75 Å². The Morgan fingerprint density at radius 2 is 1.76 bits per heavy atom. The van der Waals surface area contributed by atoms with Crippen molar-refractivity contribution in [3.63, 3.8) is 0 Å². The lowest BCUT2D eigenvalue weighted by Crippen LogP contribution is -2.47. The third kappa shape index (κ3) is 6.52. The van der Waals surface area contributed by atoms with Gasteiger partial charge < -0.3 is 24.2 Å². The number of amides is 1. The molecule has 0 spiro atoms. The highest BCUT2D eigenvalue weighted by molar-refractivity contribution is 5.79. The SMILES string of the molecule is CCCCN(CCCC)C(=O)CN1C[C@H](c2ccc3c(c2)CCO3)C(C(=O)O)[C@@H]1CC(C)(C)C1OCCO1. The van der Waals surface area contributed by atoms with Crippen molar-refractivity contribution in [2.45, 2.75) is 84.5 Å². The van der Waals surface area contributed by atoms with Crippen LogP contribution in [-0.4, -0.2) is 85.1 Å². The molecule has 2 saturated heterocycles. The third-order valence-corrected chi connectivity index (χ3v) is 8.42. The van der Waals surface area contributed by atoms with Gasteiger partial charge in [0, 0.05) is 43.4 Å². The van der Waals surface area contributed by atoms with E-state index in [2.05, 4.69) is 38.7 Å². The van der Waals surface area contributed by atoms with E-state index in [0.717, 1.165) is 62.1 Å². The average Bonchev–Trinajstić information content (AvgIpc) is 3.64. The molecule has 38 heavy (non-hydrogen) atoms. The standard InChI is InChI=1S/C30H46N2O6/c1-5-7-12-31(13-8-6-2)26(33)20-32-19-23(21-9-10-25-22(17-21)11-14-36-25)27(28(34)35)24(32)18-30(3,4)29-37-15-16-38-29/h9-10,17,23-24,27,29H,5-8,11-16,18-20H2,1-4H3,(H,34,35)/t23-,24+,27?/m1/s1. The van der Waals surface area contributed by atoms with Crippen LogP contribution in [0, 0.1) is 11.3 Å². The molecule has 0 aliphatic carbocycles. The van der Waals surface area contributed by atoms with Gasteiger partial charge in [-0.3, -0.25) is 14.5 Å². The van der Waals surface area contributed by atoms with E-state index in [1.807, 2.05) is 17.0 Å². The fraction of sp³-hybridized carbons (Fsp3) is 0.733. The van der Waals surface area contributed by atoms with Crippen LogP contribution in [0.15, 0.2) is 18.2 Å². The zero-order valence-corrected chi connectivity index (χ0v) is 23.6. The minimum atomic E-state index is -0.815. The Morgan fingerprint density at radius 3 is 2.39 bits per heavy atom. The number of carboxylic acid groups (broad SMARTS) is 1. The summed E-state index contributed by atoms with van der Waals surface area (Å²) in [4.78, 5) is 30.6. The molecule has 1 aromatic rings. The van der Waals surface area contributed by atoms with E-state index in [1.165, 1.54) is 0 Å². The Kier molecular flexibility index (Phi) is 9.71. The number of likely N-dealkylation sites (tertiary alicyclic amines) is 1. The van der Waals surface area contributed by atoms with Gasteiger partial charge >= 0.3 is 5.97 Å². The predicted octanol–water partition coefficient (Wildman–Crippen LogP) is 4.31. The molecule has 4 rings (SSSR count). The summed E-state index contributed by atoms with van der Waals surface area (Å²) in [6, 6.07) is 5.79. The molecular weight excluding hydrogens is 484 g/mol. The molecule has 3 aliphatic heterocycles. The van der Waals surface area contributed by atoms with Crippen molar-refractivity contribution in [2.24, 2.45) is 11.3 Å². The molecule has 1 unspecified atom stereocenters. The normalized spacial score (nSPS) is 23.9. The predicted molar refractivity (Wildman–Crippen MR) is 145 cm³/mol. The maximum absolute atomic E-state index is 13.6. The molecule has 0 bridgehead atoms. The highest BCUT2D eigenvalue weighted by Crippen LogP contribution is 2.45. The summed E-state index contributed by atoms with van der Waals surface area (Å²) in [5.41, 5.74) is 1.75. The first-order valence-electron chi connectivity index (χ1n) is 14.5. The van der Waals surface area contributed by atoms with Gasteiger partial charge in [-0.2, -0.15) is 0 Å². The van der Waals surface area contributed by atoms with Crippen molar-refractivity contribution < 1.29 is 28.9 Å². The second-order valence-corrected chi connectivity index (χ2v) is 11.8. The van der Waals surface area contributed by atoms with Crippen molar-refractivity contribution in [3.8, 4) is 5.75 Å². The van der Waals surface area contributed by atoms with Crippen LogP contribution in [0.4, 0.5) is 0 Å². The monoisotopic (exact) mass is 530 g/mol. The molecule has 1 amide bonds. The van der Waals surface area contributed by atoms with Gasteiger partial charge in [-0.05, 0) is 36.5 Å². The molecule has 3 aliphatic rings. The number of hydrogen-bond donors (Lipinski definition) is 1. The first kappa shape index (κ1) is 28.8. The Balaban J connectivity index is 1.62. The van der Waals surface area contributed by atoms with E-state index in [9.17, 15) is 14.7 Å². The zero-order valence-electron chi connectivity index (χ0n) is 23.6. The van der Waals surface area contributed by atoms with Gasteiger partial charge in [0.1, 0.15) is 5.75 Å². The van der Waals surface area contributed by atoms with E-state index in [1.54, 1.807) is 0 Å². The molecule has 0 saturated carbocycles. The van der Waals surface area contributed by atoms with Crippen LogP contribution < -0.4 is 4.74 Å². The summed E-state index contributed by atoms with van der Waals surface area (Å²) >= 11 is 0. The van der Waals surface area contributed by atoms with Gasteiger partial charge in [-0.15, -0.1) is 0 Å². The van der Waals surface area contributed by atoms with Crippen LogP contribution in [0.25, 0.3) is 0 Å². The van der Waals surface area contributed by atoms with Crippen molar-refractivity contribution >= 4 is 11.9 Å². The van der Waals surface area contributed by atoms with E-state index < -0.39 is 17.3 Å². The van der Waals surface area contributed by atoms with Gasteiger partial charge in [0.15, 0.2) is 6.29 Å². The quantitative estimate of drug-likeness (QED) is 0.407. The molecule has 2 fully saturated rings. The van der Waals surface area contributed by atoms with Crippen LogP contribution in [0.2, 0.25) is 0 Å². The number of hydrogen-bond acceptors (Lipinski definition) is 6. The first-order chi connectivity index (χ1) is 18.2. The first-order valence-corrected chi connectivity index (χ1v) is 14.5. The fourth-order valence-electron chi connectivity index (χ4n) is 6.30. The average molecular weight is 531 g/mol. The van der Waals surface area contributed by atoms with Gasteiger partial charge in [0.05, 0.1) is 32.3 Å². The minimum Gasteiger partial charge on any atom is -0.493 e. The molecule has 8 heteroatoms. The Morgan fingerprint density at radius 1 is 1.08 bits per heavy atom. The number of ether oxygens (including phenoxy) is 3. The van der Waals surface area contributed by atoms with Gasteiger partial charge in [-0.1, -0.05) is 52.7 Å². The third-order valence-electron chi connectivity index (χ3n) is 8.42. The number of benzene rings is 1. The summed E-state index contributed by atoms with van der Waals surface area (Å²) in [7, 11) is 0. The minimum absolute atomic E-state index is 0.0928. The van der Waals surface area contributed by atoms with E-state index >= 15 is 0 Å². The molecule has 0 radical (unpaired) electrons. The number of unbranched alkanes of at least 4 members (excludes halogenated alkanes) is 2. The highest BCUT2D eigenvalue weighted by Gasteiger charge is 2.50. The van der Waals surface area contributed by atoms with Crippen LogP contribution in [-0.2, 0) is 25.5 Å². The summed E-state index contributed by atoms with van der Waals surface area (Å²) in [6.45, 7) is 12.5. The van der Waals surface area contributed by atoms with Crippen molar-refractivity contribution in [3.05, 3.63) is 29.3 Å². The molecule has 1 N–H and O–H groups in total. The summed E-state index contributed by atoms with van der Waals surface area (Å²) < 4.78 is 17.4. The van der Waals surface area contributed by atoms with E-state index in [-0.39, 0.29) is 30.7 Å². The topological polar surface area (TPSA) is 88.5 Å². The Bertz CT molecular complexity index is 952. The lowest BCUT2D eigenvalue weighted by molar-refractivity contribution is -0.148. The second kappa shape index (κ2) is 12.8. The van der Waals surface area contributed by atoms with Crippen molar-refractivity contribution in [1.29, 1.82) is 0 Å². The highest BCUT2D eigenvalue weighted by atomic mass is 16.7. The van der Waals surface area contributed by atoms with Crippen molar-refractivity contribution in [2.75, 3.05) is 46.0 Å². The number of aliphatic carboxylic acids is 1. The number of rotatable bonds is 13. The number of carboxylic acids is 1. The second-order valence-electron chi connectivity index (χ2n) is 11.8.